The van der Waals surface area contributed by atoms with Gasteiger partial charge in [-0.05, 0) is 12.1 Å². The van der Waals surface area contributed by atoms with Gasteiger partial charge in [-0.1, -0.05) is 12.1 Å². The molecule has 0 aliphatic carbocycles. The molecular weight excluding hydrogens is 166 g/mol. The van der Waals surface area contributed by atoms with Crippen molar-refractivity contribution in [2.24, 2.45) is 0 Å². The lowest BCUT2D eigenvalue weighted by Gasteiger charge is -1.97. The molecule has 1 aromatic carbocycles. The van der Waals surface area contributed by atoms with Crippen LogP contribution >= 0.6 is 0 Å². The minimum Gasteiger partial charge on any atom is -0.506 e. The summed E-state index contributed by atoms with van der Waals surface area (Å²) < 4.78 is 0. The maximum Gasteiger partial charge on any atom is 0.150 e. The predicted molar refractivity (Wildman–Crippen MR) is 48.8 cm³/mol. The van der Waals surface area contributed by atoms with Gasteiger partial charge in [0.25, 0.3) is 0 Å². The van der Waals surface area contributed by atoms with E-state index < -0.39 is 0 Å². The first kappa shape index (κ1) is 7.73. The molecule has 1 aromatic heterocycles. The topological polar surface area (TPSA) is 50.2 Å². The molecule has 0 bridgehead atoms. The second-order valence-corrected chi connectivity index (χ2v) is 2.76. The van der Waals surface area contributed by atoms with Crippen molar-refractivity contribution in [1.29, 1.82) is 0 Å². The summed E-state index contributed by atoms with van der Waals surface area (Å²) in [7, 11) is 0. The van der Waals surface area contributed by atoms with Crippen molar-refractivity contribution in [2.45, 2.75) is 0 Å². The summed E-state index contributed by atoms with van der Waals surface area (Å²) in [6.07, 6.45) is 2.13. The smallest absolute Gasteiger partial charge is 0.150 e. The zero-order valence-electron chi connectivity index (χ0n) is 6.77. The number of nitrogens with zero attached hydrogens (tertiary/aromatic N) is 1. The molecular formula is C10H7NO2. The first-order valence-corrected chi connectivity index (χ1v) is 3.83. The van der Waals surface area contributed by atoms with Crippen molar-refractivity contribution >= 4 is 17.2 Å². The molecule has 1 N–H and O–H groups in total. The fourth-order valence-electron chi connectivity index (χ4n) is 1.20. The summed E-state index contributed by atoms with van der Waals surface area (Å²) >= 11 is 0. The molecule has 13 heavy (non-hydrogen) atoms. The molecule has 0 fully saturated rings. The first-order valence-electron chi connectivity index (χ1n) is 3.83. The molecule has 0 amide bonds. The van der Waals surface area contributed by atoms with Gasteiger partial charge in [-0.15, -0.1) is 0 Å². The maximum atomic E-state index is 10.4. The minimum atomic E-state index is 0.131. The third kappa shape index (κ3) is 1.36. The summed E-state index contributed by atoms with van der Waals surface area (Å²) in [5, 5.41) is 9.95. The molecule has 0 saturated carbocycles. The fourth-order valence-corrected chi connectivity index (χ4v) is 1.20. The third-order valence-electron chi connectivity index (χ3n) is 1.83. The lowest BCUT2D eigenvalue weighted by molar-refractivity contribution is 0.112. The van der Waals surface area contributed by atoms with E-state index in [9.17, 15) is 4.79 Å². The van der Waals surface area contributed by atoms with E-state index in [0.29, 0.717) is 11.1 Å². The number of aromatic hydroxyl groups is 1. The summed E-state index contributed by atoms with van der Waals surface area (Å²) in [5.74, 6) is 0.131. The molecule has 0 aliphatic rings. The van der Waals surface area contributed by atoms with Gasteiger partial charge < -0.3 is 5.11 Å². The SMILES string of the molecule is O=Cc1ccc2cc(O)cnc2c1. The minimum absolute atomic E-state index is 0.131. The highest BCUT2D eigenvalue weighted by Gasteiger charge is 1.97. The standard InChI is InChI=1S/C10H7NO2/c12-6-7-1-2-8-4-9(13)5-11-10(8)3-7/h1-6,13H. The highest BCUT2D eigenvalue weighted by molar-refractivity contribution is 5.86. The number of pyridine rings is 1. The molecule has 0 unspecified atom stereocenters. The number of benzene rings is 1. The Morgan fingerprint density at radius 1 is 1.31 bits per heavy atom. The Balaban J connectivity index is 2.73. The largest absolute Gasteiger partial charge is 0.506 e. The van der Waals surface area contributed by atoms with Crippen molar-refractivity contribution in [3.63, 3.8) is 0 Å². The van der Waals surface area contributed by atoms with Gasteiger partial charge >= 0.3 is 0 Å². The molecule has 1 heterocycles. The van der Waals surface area contributed by atoms with Gasteiger partial charge in [0.15, 0.2) is 0 Å². The van der Waals surface area contributed by atoms with Crippen LogP contribution in [-0.2, 0) is 0 Å². The van der Waals surface area contributed by atoms with E-state index in [2.05, 4.69) is 4.98 Å². The van der Waals surface area contributed by atoms with Crippen molar-refractivity contribution in [2.75, 3.05) is 0 Å². The van der Waals surface area contributed by atoms with Gasteiger partial charge in [-0.2, -0.15) is 0 Å². The van der Waals surface area contributed by atoms with Crippen LogP contribution in [0.5, 0.6) is 5.75 Å². The molecule has 3 nitrogen and oxygen atoms in total. The molecule has 3 heteroatoms. The Morgan fingerprint density at radius 2 is 2.15 bits per heavy atom. The number of carbonyl (C=O) groups is 1. The highest BCUT2D eigenvalue weighted by atomic mass is 16.3. The van der Waals surface area contributed by atoms with Crippen molar-refractivity contribution in [1.82, 2.24) is 4.98 Å². The Bertz CT molecular complexity index is 465. The maximum absolute atomic E-state index is 10.4. The van der Waals surface area contributed by atoms with Gasteiger partial charge in [0.2, 0.25) is 0 Å². The molecule has 0 radical (unpaired) electrons. The van der Waals surface area contributed by atoms with Crippen LogP contribution in [0.1, 0.15) is 10.4 Å². The Morgan fingerprint density at radius 3 is 2.92 bits per heavy atom. The van der Waals surface area contributed by atoms with E-state index in [-0.39, 0.29) is 5.75 Å². The van der Waals surface area contributed by atoms with Crippen LogP contribution in [0.15, 0.2) is 30.5 Å². The molecule has 2 rings (SSSR count). The van der Waals surface area contributed by atoms with E-state index in [1.165, 1.54) is 6.20 Å². The fraction of sp³-hybridized carbons (Fsp3) is 0. The first-order chi connectivity index (χ1) is 6.29. The van der Waals surface area contributed by atoms with Crippen LogP contribution < -0.4 is 0 Å². The number of hydrogen-bond acceptors (Lipinski definition) is 3. The van der Waals surface area contributed by atoms with Crippen molar-refractivity contribution < 1.29 is 9.90 Å². The molecule has 0 atom stereocenters. The predicted octanol–water partition coefficient (Wildman–Crippen LogP) is 1.75. The summed E-state index contributed by atoms with van der Waals surface area (Å²) in [6.45, 7) is 0. The van der Waals surface area contributed by atoms with E-state index >= 15 is 0 Å². The van der Waals surface area contributed by atoms with E-state index in [0.717, 1.165) is 11.7 Å². The number of aldehydes is 1. The average Bonchev–Trinajstić information content (AvgIpc) is 2.17. The molecule has 2 aromatic rings. The van der Waals surface area contributed by atoms with Crippen molar-refractivity contribution in [3.8, 4) is 5.75 Å². The zero-order valence-corrected chi connectivity index (χ0v) is 6.77. The van der Waals surface area contributed by atoms with Crippen LogP contribution in [-0.4, -0.2) is 16.4 Å². The molecule has 0 aliphatic heterocycles. The monoisotopic (exact) mass is 173 g/mol. The van der Waals surface area contributed by atoms with Gasteiger partial charge in [-0.25, -0.2) is 0 Å². The number of hydrogen-bond donors (Lipinski definition) is 1. The van der Waals surface area contributed by atoms with Crippen LogP contribution in [0.3, 0.4) is 0 Å². The van der Waals surface area contributed by atoms with E-state index in [1.54, 1.807) is 24.3 Å². The van der Waals surface area contributed by atoms with Gasteiger partial charge in [0.05, 0.1) is 11.7 Å². The van der Waals surface area contributed by atoms with Crippen LogP contribution in [0.4, 0.5) is 0 Å². The van der Waals surface area contributed by atoms with E-state index in [1.807, 2.05) is 0 Å². The summed E-state index contributed by atoms with van der Waals surface area (Å²) in [5.41, 5.74) is 1.30. The van der Waals surface area contributed by atoms with E-state index in [4.69, 9.17) is 5.11 Å². The molecule has 0 spiro atoms. The Kier molecular flexibility index (Phi) is 1.70. The number of rotatable bonds is 1. The number of carbonyl (C=O) groups excluding carboxylic acids is 1. The summed E-state index contributed by atoms with van der Waals surface area (Å²) in [6, 6.07) is 6.74. The second-order valence-electron chi connectivity index (χ2n) is 2.76. The average molecular weight is 173 g/mol. The molecule has 0 saturated heterocycles. The second kappa shape index (κ2) is 2.86. The lowest BCUT2D eigenvalue weighted by Crippen LogP contribution is -1.82. The highest BCUT2D eigenvalue weighted by Crippen LogP contribution is 2.17. The number of aromatic nitrogens is 1. The zero-order chi connectivity index (χ0) is 9.26. The quantitative estimate of drug-likeness (QED) is 0.668. The van der Waals surface area contributed by atoms with Gasteiger partial charge in [0.1, 0.15) is 12.0 Å². The van der Waals surface area contributed by atoms with Gasteiger partial charge in [-0.3, -0.25) is 9.78 Å². The van der Waals surface area contributed by atoms with Gasteiger partial charge in [0, 0.05) is 10.9 Å². The van der Waals surface area contributed by atoms with Crippen LogP contribution in [0, 0.1) is 0 Å². The third-order valence-corrected chi connectivity index (χ3v) is 1.83. The van der Waals surface area contributed by atoms with Crippen molar-refractivity contribution in [3.05, 3.63) is 36.0 Å². The normalized spacial score (nSPS) is 10.2. The summed E-state index contributed by atoms with van der Waals surface area (Å²) in [4.78, 5) is 14.4. The Hall–Kier alpha value is -1.90. The lowest BCUT2D eigenvalue weighted by atomic mass is 10.1. The Labute approximate surface area is 74.7 Å². The van der Waals surface area contributed by atoms with Crippen LogP contribution in [0.2, 0.25) is 0 Å². The van der Waals surface area contributed by atoms with Crippen LogP contribution in [0.25, 0.3) is 10.9 Å². The number of fused-ring (bicyclic) bond motifs is 1. The molecule has 64 valence electrons.